The zero-order valence-electron chi connectivity index (χ0n) is 8.36. The monoisotopic (exact) mass is 184 g/mol. The van der Waals surface area contributed by atoms with Gasteiger partial charge in [-0.25, -0.2) is 0 Å². The minimum Gasteiger partial charge on any atom is -0.331 e. The van der Waals surface area contributed by atoms with Gasteiger partial charge in [-0.05, 0) is 25.5 Å². The summed E-state index contributed by atoms with van der Waals surface area (Å²) in [4.78, 5) is 0. The maximum Gasteiger partial charge on any atom is 0.118 e. The zero-order valence-corrected chi connectivity index (χ0v) is 8.36. The van der Waals surface area contributed by atoms with E-state index in [1.165, 1.54) is 10.9 Å². The molecule has 0 amide bonds. The maximum absolute atomic E-state index is 8.89. The Bertz CT molecular complexity index is 503. The van der Waals surface area contributed by atoms with Gasteiger partial charge in [0.15, 0.2) is 0 Å². The summed E-state index contributed by atoms with van der Waals surface area (Å²) in [6, 6.07) is 10.3. The van der Waals surface area contributed by atoms with Crippen molar-refractivity contribution in [2.24, 2.45) is 0 Å². The second-order valence-corrected chi connectivity index (χ2v) is 3.54. The molecular weight excluding hydrogens is 172 g/mol. The number of nitrogens with zero attached hydrogens (tertiary/aromatic N) is 2. The first kappa shape index (κ1) is 8.83. The molecule has 0 aliphatic heterocycles. The summed E-state index contributed by atoms with van der Waals surface area (Å²) in [5.74, 6) is 0. The number of nitriles is 1. The lowest BCUT2D eigenvalue weighted by Crippen LogP contribution is -1.99. The van der Waals surface area contributed by atoms with Gasteiger partial charge in [-0.2, -0.15) is 5.26 Å². The van der Waals surface area contributed by atoms with Crippen molar-refractivity contribution in [1.29, 1.82) is 5.26 Å². The minimum absolute atomic E-state index is 0.103. The van der Waals surface area contributed by atoms with Crippen molar-refractivity contribution in [2.75, 3.05) is 0 Å². The van der Waals surface area contributed by atoms with Crippen LogP contribution in [0.3, 0.4) is 0 Å². The third kappa shape index (κ3) is 1.18. The van der Waals surface area contributed by atoms with E-state index in [9.17, 15) is 0 Å². The Labute approximate surface area is 83.4 Å². The lowest BCUT2D eigenvalue weighted by atomic mass is 10.2. The van der Waals surface area contributed by atoms with Crippen LogP contribution in [0.4, 0.5) is 0 Å². The van der Waals surface area contributed by atoms with E-state index in [0.717, 1.165) is 5.52 Å². The van der Waals surface area contributed by atoms with Crippen LogP contribution in [-0.2, 0) is 0 Å². The van der Waals surface area contributed by atoms with Gasteiger partial charge in [0.2, 0.25) is 0 Å². The summed E-state index contributed by atoms with van der Waals surface area (Å²) < 4.78 is 2.02. The molecule has 0 fully saturated rings. The van der Waals surface area contributed by atoms with Gasteiger partial charge in [0.05, 0.1) is 6.07 Å². The van der Waals surface area contributed by atoms with Crippen molar-refractivity contribution in [3.05, 3.63) is 36.0 Å². The fraction of sp³-hybridized carbons (Fsp3) is 0.250. The summed E-state index contributed by atoms with van der Waals surface area (Å²) in [5.41, 5.74) is 2.36. The largest absolute Gasteiger partial charge is 0.331 e. The SMILES string of the molecule is Cc1cn(C(C)C#N)c2ccccc12. The third-order valence-corrected chi connectivity index (χ3v) is 2.54. The molecule has 1 atom stereocenters. The van der Waals surface area contributed by atoms with Crippen molar-refractivity contribution >= 4 is 10.9 Å². The van der Waals surface area contributed by atoms with Crippen LogP contribution in [0.1, 0.15) is 18.5 Å². The molecule has 0 bridgehead atoms. The highest BCUT2D eigenvalue weighted by Crippen LogP contribution is 2.23. The molecule has 0 saturated carbocycles. The Morgan fingerprint density at radius 1 is 1.36 bits per heavy atom. The van der Waals surface area contributed by atoms with Crippen LogP contribution in [0.2, 0.25) is 0 Å². The van der Waals surface area contributed by atoms with Crippen molar-refractivity contribution in [3.8, 4) is 6.07 Å². The number of aromatic nitrogens is 1. The fourth-order valence-corrected chi connectivity index (χ4v) is 1.76. The van der Waals surface area contributed by atoms with Gasteiger partial charge in [-0.1, -0.05) is 18.2 Å². The van der Waals surface area contributed by atoms with Crippen LogP contribution in [0.15, 0.2) is 30.5 Å². The molecule has 0 N–H and O–H groups in total. The molecule has 70 valence electrons. The molecule has 0 radical (unpaired) electrons. The predicted octanol–water partition coefficient (Wildman–Crippen LogP) is 3.03. The second-order valence-electron chi connectivity index (χ2n) is 3.54. The van der Waals surface area contributed by atoms with Gasteiger partial charge in [0, 0.05) is 17.1 Å². The van der Waals surface area contributed by atoms with E-state index in [1.54, 1.807) is 0 Å². The van der Waals surface area contributed by atoms with Crippen LogP contribution in [-0.4, -0.2) is 4.57 Å². The highest BCUT2D eigenvalue weighted by Gasteiger charge is 2.08. The summed E-state index contributed by atoms with van der Waals surface area (Å²) in [5, 5.41) is 10.1. The van der Waals surface area contributed by atoms with Crippen molar-refractivity contribution in [1.82, 2.24) is 4.57 Å². The number of para-hydroxylation sites is 1. The van der Waals surface area contributed by atoms with Gasteiger partial charge in [0.1, 0.15) is 6.04 Å². The number of hydrogen-bond acceptors (Lipinski definition) is 1. The molecule has 0 aliphatic rings. The van der Waals surface area contributed by atoms with Crippen LogP contribution < -0.4 is 0 Å². The molecule has 1 aromatic heterocycles. The van der Waals surface area contributed by atoms with E-state index >= 15 is 0 Å². The molecular formula is C12H12N2. The topological polar surface area (TPSA) is 28.7 Å². The second kappa shape index (κ2) is 3.19. The molecule has 14 heavy (non-hydrogen) atoms. The summed E-state index contributed by atoms with van der Waals surface area (Å²) in [7, 11) is 0. The summed E-state index contributed by atoms with van der Waals surface area (Å²) in [6.45, 7) is 3.98. The molecule has 2 rings (SSSR count). The first-order chi connectivity index (χ1) is 6.74. The van der Waals surface area contributed by atoms with Crippen molar-refractivity contribution in [3.63, 3.8) is 0 Å². The molecule has 2 nitrogen and oxygen atoms in total. The number of fused-ring (bicyclic) bond motifs is 1. The molecule has 2 aromatic rings. The highest BCUT2D eigenvalue weighted by atomic mass is 15.0. The highest BCUT2D eigenvalue weighted by molar-refractivity contribution is 5.83. The molecule has 1 unspecified atom stereocenters. The van der Waals surface area contributed by atoms with Crippen LogP contribution in [0, 0.1) is 18.3 Å². The van der Waals surface area contributed by atoms with Gasteiger partial charge in [-0.15, -0.1) is 0 Å². The van der Waals surface area contributed by atoms with Gasteiger partial charge in [-0.3, -0.25) is 0 Å². The van der Waals surface area contributed by atoms with Crippen molar-refractivity contribution < 1.29 is 0 Å². The van der Waals surface area contributed by atoms with E-state index in [-0.39, 0.29) is 6.04 Å². The quantitative estimate of drug-likeness (QED) is 0.669. The average molecular weight is 184 g/mol. The Kier molecular flexibility index (Phi) is 2.01. The molecule has 0 spiro atoms. The van der Waals surface area contributed by atoms with Gasteiger partial charge in [0.25, 0.3) is 0 Å². The fourth-order valence-electron chi connectivity index (χ4n) is 1.76. The summed E-state index contributed by atoms with van der Waals surface area (Å²) >= 11 is 0. The van der Waals surface area contributed by atoms with Crippen LogP contribution in [0.5, 0.6) is 0 Å². The Balaban J connectivity index is 2.74. The van der Waals surface area contributed by atoms with Crippen molar-refractivity contribution in [2.45, 2.75) is 19.9 Å². The molecule has 0 saturated heterocycles. The molecule has 0 aliphatic carbocycles. The van der Waals surface area contributed by atoms with E-state index in [2.05, 4.69) is 25.1 Å². The average Bonchev–Trinajstić information content (AvgIpc) is 2.56. The Hall–Kier alpha value is -1.75. The normalized spacial score (nSPS) is 12.6. The Morgan fingerprint density at radius 2 is 2.07 bits per heavy atom. The van der Waals surface area contributed by atoms with Crippen LogP contribution >= 0.6 is 0 Å². The number of benzene rings is 1. The van der Waals surface area contributed by atoms with E-state index < -0.39 is 0 Å². The van der Waals surface area contributed by atoms with Crippen LogP contribution in [0.25, 0.3) is 10.9 Å². The standard InChI is InChI=1S/C12H12N2/c1-9-8-14(10(2)7-13)12-6-4-3-5-11(9)12/h3-6,8,10H,1-2H3. The number of aryl methyl sites for hydroxylation is 1. The van der Waals surface area contributed by atoms with E-state index in [0.29, 0.717) is 0 Å². The smallest absolute Gasteiger partial charge is 0.118 e. The molecule has 2 heteroatoms. The zero-order chi connectivity index (χ0) is 10.1. The van der Waals surface area contributed by atoms with Gasteiger partial charge >= 0.3 is 0 Å². The molecule has 1 aromatic carbocycles. The minimum atomic E-state index is -0.103. The number of rotatable bonds is 1. The first-order valence-electron chi connectivity index (χ1n) is 4.70. The number of hydrogen-bond donors (Lipinski definition) is 0. The summed E-state index contributed by atoms with van der Waals surface area (Å²) in [6.07, 6.45) is 2.04. The van der Waals surface area contributed by atoms with Gasteiger partial charge < -0.3 is 4.57 Å². The first-order valence-corrected chi connectivity index (χ1v) is 4.70. The lowest BCUT2D eigenvalue weighted by molar-refractivity contribution is 0.699. The maximum atomic E-state index is 8.89. The van der Waals surface area contributed by atoms with E-state index in [4.69, 9.17) is 5.26 Å². The molecule has 1 heterocycles. The Morgan fingerprint density at radius 3 is 2.79 bits per heavy atom. The predicted molar refractivity (Wildman–Crippen MR) is 57.0 cm³/mol. The lowest BCUT2D eigenvalue weighted by Gasteiger charge is -2.05. The van der Waals surface area contributed by atoms with E-state index in [1.807, 2.05) is 29.8 Å². The third-order valence-electron chi connectivity index (χ3n) is 2.54.